The Labute approximate surface area is 133 Å². The van der Waals surface area contributed by atoms with Crippen molar-refractivity contribution < 1.29 is 4.21 Å². The fourth-order valence-corrected chi connectivity index (χ4v) is 4.18. The zero-order valence-electron chi connectivity index (χ0n) is 13.4. The summed E-state index contributed by atoms with van der Waals surface area (Å²) in [5, 5.41) is 1.25. The van der Waals surface area contributed by atoms with Crippen molar-refractivity contribution in [3.8, 4) is 0 Å². The highest BCUT2D eigenvalue weighted by Gasteiger charge is 2.22. The van der Waals surface area contributed by atoms with Crippen LogP contribution in [0.3, 0.4) is 0 Å². The van der Waals surface area contributed by atoms with E-state index in [9.17, 15) is 4.21 Å². The van der Waals surface area contributed by atoms with Crippen LogP contribution in [-0.2, 0) is 21.9 Å². The van der Waals surface area contributed by atoms with Gasteiger partial charge in [-0.05, 0) is 69.0 Å². The average Bonchev–Trinajstić information content (AvgIpc) is 3.06. The molecule has 0 spiro atoms. The number of hydrogen-bond acceptors (Lipinski definition) is 2. The van der Waals surface area contributed by atoms with E-state index < -0.39 is 9.71 Å². The van der Waals surface area contributed by atoms with Crippen molar-refractivity contribution in [2.75, 3.05) is 20.6 Å². The first kappa shape index (κ1) is 15.6. The molecule has 2 aromatic rings. The zero-order chi connectivity index (χ0) is 15.7. The van der Waals surface area contributed by atoms with Gasteiger partial charge < -0.3 is 9.88 Å². The Morgan fingerprint density at radius 2 is 2.32 bits per heavy atom. The molecule has 120 valence electrons. The molecule has 4 nitrogen and oxygen atoms in total. The molecule has 1 aliphatic rings. The van der Waals surface area contributed by atoms with Gasteiger partial charge in [-0.25, -0.2) is 4.72 Å². The van der Waals surface area contributed by atoms with Crippen molar-refractivity contribution in [3.05, 3.63) is 35.5 Å². The van der Waals surface area contributed by atoms with Crippen LogP contribution in [0.4, 0.5) is 0 Å². The molecule has 1 fully saturated rings. The van der Waals surface area contributed by atoms with E-state index in [1.807, 2.05) is 6.07 Å². The zero-order valence-corrected chi connectivity index (χ0v) is 14.2. The van der Waals surface area contributed by atoms with Gasteiger partial charge >= 0.3 is 0 Å². The summed E-state index contributed by atoms with van der Waals surface area (Å²) in [6.07, 6.45) is 5.77. The third-order valence-electron chi connectivity index (χ3n) is 4.73. The Morgan fingerprint density at radius 3 is 3.00 bits per heavy atom. The maximum Gasteiger partial charge on any atom is 0.0539 e. The standard InChI is InChI=1S/C17H25N3OS/c1-18-22(3,21)12-13-6-7-17-16(9-13)14(11-19-17)10-15-5-4-8-20(15)2/h6-7,9,11,15,19H,3-5,8,10,12H2,1-2H3,(H,18,21)/t15-,22?/m1/s1. The Hall–Kier alpha value is -1.30. The molecule has 3 rings (SSSR count). The highest BCUT2D eigenvalue weighted by molar-refractivity contribution is 7.97. The van der Waals surface area contributed by atoms with E-state index in [1.54, 1.807) is 7.05 Å². The second-order valence-corrected chi connectivity index (χ2v) is 8.66. The summed E-state index contributed by atoms with van der Waals surface area (Å²) < 4.78 is 15.0. The summed E-state index contributed by atoms with van der Waals surface area (Å²) in [6, 6.07) is 6.92. The van der Waals surface area contributed by atoms with E-state index in [2.05, 4.69) is 45.9 Å². The van der Waals surface area contributed by atoms with E-state index in [4.69, 9.17) is 0 Å². The topological polar surface area (TPSA) is 48.1 Å². The molecule has 5 heteroatoms. The molecular weight excluding hydrogens is 294 g/mol. The number of likely N-dealkylation sites (N-methyl/N-ethyl adjacent to an activating group) is 1. The number of fused-ring (bicyclic) bond motifs is 1. The first-order chi connectivity index (χ1) is 10.5. The smallest absolute Gasteiger partial charge is 0.0539 e. The van der Waals surface area contributed by atoms with Crippen molar-refractivity contribution in [1.29, 1.82) is 0 Å². The quantitative estimate of drug-likeness (QED) is 0.830. The fraction of sp³-hybridized carbons (Fsp3) is 0.471. The minimum atomic E-state index is -2.24. The van der Waals surface area contributed by atoms with Crippen molar-refractivity contribution in [2.45, 2.75) is 31.1 Å². The van der Waals surface area contributed by atoms with Gasteiger partial charge in [0.05, 0.1) is 5.75 Å². The van der Waals surface area contributed by atoms with Gasteiger partial charge in [-0.2, -0.15) is 0 Å². The van der Waals surface area contributed by atoms with E-state index in [1.165, 1.54) is 30.3 Å². The molecular formula is C17H25N3OS. The van der Waals surface area contributed by atoms with E-state index in [0.29, 0.717) is 11.8 Å². The van der Waals surface area contributed by atoms with Crippen LogP contribution >= 0.6 is 0 Å². The molecule has 2 N–H and O–H groups in total. The largest absolute Gasteiger partial charge is 0.361 e. The maximum absolute atomic E-state index is 12.2. The lowest BCUT2D eigenvalue weighted by Crippen LogP contribution is -2.26. The predicted octanol–water partition coefficient (Wildman–Crippen LogP) is 2.16. The van der Waals surface area contributed by atoms with Gasteiger partial charge in [-0.15, -0.1) is 0 Å². The van der Waals surface area contributed by atoms with E-state index >= 15 is 0 Å². The lowest BCUT2D eigenvalue weighted by Gasteiger charge is -2.18. The van der Waals surface area contributed by atoms with Crippen LogP contribution in [-0.4, -0.2) is 46.6 Å². The normalized spacial score (nSPS) is 22.2. The first-order valence-corrected chi connectivity index (χ1v) is 9.71. The van der Waals surface area contributed by atoms with Gasteiger partial charge in [-0.3, -0.25) is 4.21 Å². The first-order valence-electron chi connectivity index (χ1n) is 7.81. The molecule has 1 aromatic carbocycles. The summed E-state index contributed by atoms with van der Waals surface area (Å²) in [7, 11) is 1.67. The number of aromatic amines is 1. The van der Waals surface area contributed by atoms with Crippen LogP contribution in [0.2, 0.25) is 0 Å². The number of likely N-dealkylation sites (tertiary alicyclic amines) is 1. The number of benzene rings is 1. The molecule has 1 aliphatic heterocycles. The molecule has 1 unspecified atom stereocenters. The Morgan fingerprint density at radius 1 is 1.50 bits per heavy atom. The summed E-state index contributed by atoms with van der Waals surface area (Å²) in [5.41, 5.74) is 3.58. The van der Waals surface area contributed by atoms with Gasteiger partial charge in [0.1, 0.15) is 0 Å². The van der Waals surface area contributed by atoms with Crippen molar-refractivity contribution >= 4 is 26.5 Å². The maximum atomic E-state index is 12.2. The average molecular weight is 319 g/mol. The molecule has 1 saturated heterocycles. The third kappa shape index (κ3) is 3.21. The third-order valence-corrected chi connectivity index (χ3v) is 6.27. The van der Waals surface area contributed by atoms with Crippen LogP contribution in [0, 0.1) is 0 Å². The summed E-state index contributed by atoms with van der Waals surface area (Å²) >= 11 is 0. The second-order valence-electron chi connectivity index (χ2n) is 6.33. The molecule has 0 radical (unpaired) electrons. The summed E-state index contributed by atoms with van der Waals surface area (Å²) in [4.78, 5) is 5.81. The summed E-state index contributed by atoms with van der Waals surface area (Å²) in [5.74, 6) is 4.23. The lowest BCUT2D eigenvalue weighted by atomic mass is 10.0. The van der Waals surface area contributed by atoms with E-state index in [-0.39, 0.29) is 0 Å². The lowest BCUT2D eigenvalue weighted by molar-refractivity contribution is 0.310. The SMILES string of the molecule is C=S(=O)(Cc1ccc2[nH]cc(C[C@H]3CCCN3C)c2c1)NC. The Balaban J connectivity index is 1.88. The molecule has 0 bridgehead atoms. The Kier molecular flexibility index (Phi) is 4.30. The van der Waals surface area contributed by atoms with Gasteiger partial charge in [0.15, 0.2) is 0 Å². The Bertz CT molecular complexity index is 763. The summed E-state index contributed by atoms with van der Waals surface area (Å²) in [6.45, 7) is 1.20. The number of aromatic nitrogens is 1. The van der Waals surface area contributed by atoms with Crippen molar-refractivity contribution in [2.24, 2.45) is 0 Å². The van der Waals surface area contributed by atoms with Crippen LogP contribution in [0.15, 0.2) is 24.4 Å². The fourth-order valence-electron chi connectivity index (χ4n) is 3.32. The monoisotopic (exact) mass is 319 g/mol. The number of nitrogens with one attached hydrogen (secondary N) is 2. The van der Waals surface area contributed by atoms with Crippen molar-refractivity contribution in [3.63, 3.8) is 0 Å². The number of hydrogen-bond donors (Lipinski definition) is 2. The molecule has 0 amide bonds. The molecule has 2 heterocycles. The number of nitrogens with zero attached hydrogens (tertiary/aromatic N) is 1. The highest BCUT2D eigenvalue weighted by Crippen LogP contribution is 2.26. The molecule has 0 saturated carbocycles. The van der Waals surface area contributed by atoms with Crippen molar-refractivity contribution in [1.82, 2.24) is 14.6 Å². The van der Waals surface area contributed by atoms with Crippen LogP contribution in [0.5, 0.6) is 0 Å². The molecule has 1 aromatic heterocycles. The van der Waals surface area contributed by atoms with Crippen LogP contribution in [0.1, 0.15) is 24.0 Å². The minimum absolute atomic E-state index is 0.466. The van der Waals surface area contributed by atoms with Crippen LogP contribution in [0.25, 0.3) is 10.9 Å². The van der Waals surface area contributed by atoms with Gasteiger partial charge in [-0.1, -0.05) is 6.07 Å². The van der Waals surface area contributed by atoms with E-state index in [0.717, 1.165) is 17.5 Å². The minimum Gasteiger partial charge on any atom is -0.361 e. The predicted molar refractivity (Wildman–Crippen MR) is 95.7 cm³/mol. The second kappa shape index (κ2) is 6.07. The molecule has 2 atom stereocenters. The molecule has 22 heavy (non-hydrogen) atoms. The molecule has 0 aliphatic carbocycles. The number of H-pyrrole nitrogens is 1. The van der Waals surface area contributed by atoms with Gasteiger partial charge in [0.2, 0.25) is 0 Å². The highest BCUT2D eigenvalue weighted by atomic mass is 32.2. The number of rotatable bonds is 5. The van der Waals surface area contributed by atoms with Gasteiger partial charge in [0, 0.05) is 32.8 Å². The van der Waals surface area contributed by atoms with Crippen LogP contribution < -0.4 is 4.72 Å². The van der Waals surface area contributed by atoms with Gasteiger partial charge in [0.25, 0.3) is 0 Å².